The van der Waals surface area contributed by atoms with E-state index in [1.165, 1.54) is 0 Å². The summed E-state index contributed by atoms with van der Waals surface area (Å²) in [6, 6.07) is 7.66. The fourth-order valence-corrected chi connectivity index (χ4v) is 1.87. The van der Waals surface area contributed by atoms with E-state index >= 15 is 0 Å². The highest BCUT2D eigenvalue weighted by Crippen LogP contribution is 2.22. The average Bonchev–Trinajstić information content (AvgIpc) is 2.35. The van der Waals surface area contributed by atoms with Gasteiger partial charge in [-0.15, -0.1) is 11.8 Å². The molecule has 6 heteroatoms. The van der Waals surface area contributed by atoms with Crippen LogP contribution in [0.5, 0.6) is 0 Å². The molecule has 0 saturated carbocycles. The van der Waals surface area contributed by atoms with E-state index < -0.39 is 5.56 Å². The number of nitrogens with two attached hydrogens (primary N) is 2. The highest BCUT2D eigenvalue weighted by Gasteiger charge is 2.07. The smallest absolute Gasteiger partial charge is 0.276 e. The van der Waals surface area contributed by atoms with Crippen molar-refractivity contribution in [2.24, 2.45) is 0 Å². The Balaban J connectivity index is 2.56. The lowest BCUT2D eigenvalue weighted by Crippen LogP contribution is -2.16. The molecule has 0 aliphatic carbocycles. The Hall–Kier alpha value is -1.95. The summed E-state index contributed by atoms with van der Waals surface area (Å²) in [4.78, 5) is 19.2. The second-order valence-corrected chi connectivity index (χ2v) is 4.33. The van der Waals surface area contributed by atoms with E-state index in [1.807, 2.05) is 30.5 Å². The molecule has 1 aromatic heterocycles. The van der Waals surface area contributed by atoms with E-state index in [1.54, 1.807) is 11.8 Å². The molecule has 5 nitrogen and oxygen atoms in total. The number of nitrogens with zero attached hydrogens (tertiary/aromatic N) is 1. The summed E-state index contributed by atoms with van der Waals surface area (Å²) in [5.74, 6) is 0.482. The molecule has 0 bridgehead atoms. The lowest BCUT2D eigenvalue weighted by molar-refractivity contribution is 1.14. The summed E-state index contributed by atoms with van der Waals surface area (Å²) in [6.45, 7) is 0. The molecule has 0 unspecified atom stereocenters. The van der Waals surface area contributed by atoms with Gasteiger partial charge in [0.1, 0.15) is 11.5 Å². The third kappa shape index (κ3) is 2.26. The predicted octanol–water partition coefficient (Wildman–Crippen LogP) is 1.32. The largest absolute Gasteiger partial charge is 0.391 e. The Labute approximate surface area is 102 Å². The van der Waals surface area contributed by atoms with Crippen molar-refractivity contribution in [3.63, 3.8) is 0 Å². The van der Waals surface area contributed by atoms with Crippen molar-refractivity contribution in [2.45, 2.75) is 4.90 Å². The summed E-state index contributed by atoms with van der Waals surface area (Å²) in [7, 11) is 0. The number of thioether (sulfide) groups is 1. The van der Waals surface area contributed by atoms with Crippen molar-refractivity contribution < 1.29 is 0 Å². The zero-order chi connectivity index (χ0) is 12.4. The number of rotatable bonds is 2. The first-order valence-corrected chi connectivity index (χ1v) is 6.14. The number of hydrogen-bond donors (Lipinski definition) is 3. The van der Waals surface area contributed by atoms with Crippen LogP contribution < -0.4 is 17.0 Å². The predicted molar refractivity (Wildman–Crippen MR) is 70.9 cm³/mol. The van der Waals surface area contributed by atoms with Gasteiger partial charge in [0.05, 0.1) is 0 Å². The summed E-state index contributed by atoms with van der Waals surface area (Å²) >= 11 is 1.61. The van der Waals surface area contributed by atoms with Gasteiger partial charge in [-0.1, -0.05) is 12.1 Å². The molecule has 0 amide bonds. The molecule has 88 valence electrons. The number of aromatic amines is 1. The van der Waals surface area contributed by atoms with E-state index in [-0.39, 0.29) is 11.5 Å². The molecule has 1 heterocycles. The summed E-state index contributed by atoms with van der Waals surface area (Å²) < 4.78 is 0. The number of hydrogen-bond acceptors (Lipinski definition) is 5. The van der Waals surface area contributed by atoms with Crippen molar-refractivity contribution in [1.29, 1.82) is 0 Å². The minimum Gasteiger partial charge on any atom is -0.391 e. The highest BCUT2D eigenvalue weighted by atomic mass is 32.2. The highest BCUT2D eigenvalue weighted by molar-refractivity contribution is 7.98. The molecule has 0 atom stereocenters. The average molecular weight is 248 g/mol. The van der Waals surface area contributed by atoms with Crippen molar-refractivity contribution in [3.05, 3.63) is 34.6 Å². The van der Waals surface area contributed by atoms with Crippen LogP contribution in [0.4, 0.5) is 11.5 Å². The van der Waals surface area contributed by atoms with Crippen LogP contribution in [0, 0.1) is 0 Å². The Morgan fingerprint density at radius 2 is 2.12 bits per heavy atom. The minimum atomic E-state index is -0.415. The van der Waals surface area contributed by atoms with Gasteiger partial charge >= 0.3 is 0 Å². The molecule has 0 spiro atoms. The van der Waals surface area contributed by atoms with Gasteiger partial charge < -0.3 is 16.5 Å². The lowest BCUT2D eigenvalue weighted by Gasteiger charge is -2.05. The number of aromatic nitrogens is 2. The first-order chi connectivity index (χ1) is 8.11. The fourth-order valence-electron chi connectivity index (χ4n) is 1.41. The van der Waals surface area contributed by atoms with Crippen LogP contribution >= 0.6 is 11.8 Å². The minimum absolute atomic E-state index is 0.0465. The number of nitrogens with one attached hydrogen (secondary N) is 1. The molecule has 2 aromatic rings. The molecular weight excluding hydrogens is 236 g/mol. The van der Waals surface area contributed by atoms with Gasteiger partial charge in [-0.05, 0) is 18.4 Å². The Morgan fingerprint density at radius 1 is 1.35 bits per heavy atom. The first kappa shape index (κ1) is 11.5. The molecule has 0 aliphatic heterocycles. The van der Waals surface area contributed by atoms with Crippen LogP contribution in [-0.2, 0) is 0 Å². The van der Waals surface area contributed by atoms with E-state index in [4.69, 9.17) is 11.5 Å². The Bertz CT molecular complexity index is 609. The zero-order valence-electron chi connectivity index (χ0n) is 9.23. The van der Waals surface area contributed by atoms with Crippen molar-refractivity contribution in [3.8, 4) is 11.4 Å². The van der Waals surface area contributed by atoms with Crippen LogP contribution in [0.15, 0.2) is 34.0 Å². The number of anilines is 2. The second kappa shape index (κ2) is 4.50. The maximum atomic E-state index is 11.5. The van der Waals surface area contributed by atoms with Crippen LogP contribution in [0.3, 0.4) is 0 Å². The first-order valence-electron chi connectivity index (χ1n) is 4.91. The molecular formula is C11H12N4OS. The van der Waals surface area contributed by atoms with E-state index in [9.17, 15) is 4.79 Å². The molecule has 0 radical (unpaired) electrons. The van der Waals surface area contributed by atoms with E-state index in [0.717, 1.165) is 10.5 Å². The molecule has 0 saturated heterocycles. The van der Waals surface area contributed by atoms with Gasteiger partial charge in [-0.2, -0.15) is 0 Å². The maximum Gasteiger partial charge on any atom is 0.276 e. The van der Waals surface area contributed by atoms with E-state index in [0.29, 0.717) is 5.82 Å². The third-order valence-corrected chi connectivity index (χ3v) is 3.05. The van der Waals surface area contributed by atoms with E-state index in [2.05, 4.69) is 9.97 Å². The Kier molecular flexibility index (Phi) is 3.06. The van der Waals surface area contributed by atoms with Crippen LogP contribution in [-0.4, -0.2) is 16.2 Å². The van der Waals surface area contributed by atoms with Gasteiger partial charge in [0.25, 0.3) is 5.56 Å². The second-order valence-electron chi connectivity index (χ2n) is 3.45. The van der Waals surface area contributed by atoms with Gasteiger partial charge in [-0.25, -0.2) is 4.98 Å². The van der Waals surface area contributed by atoms with Crippen LogP contribution in [0.25, 0.3) is 11.4 Å². The fraction of sp³-hybridized carbons (Fsp3) is 0.0909. The van der Waals surface area contributed by atoms with Gasteiger partial charge in [0.2, 0.25) is 0 Å². The molecule has 17 heavy (non-hydrogen) atoms. The number of nitrogen functional groups attached to an aromatic ring is 2. The normalized spacial score (nSPS) is 10.4. The topological polar surface area (TPSA) is 97.8 Å². The monoisotopic (exact) mass is 248 g/mol. The lowest BCUT2D eigenvalue weighted by atomic mass is 10.2. The van der Waals surface area contributed by atoms with Gasteiger partial charge in [0.15, 0.2) is 5.82 Å². The number of benzene rings is 1. The third-order valence-electron chi connectivity index (χ3n) is 2.33. The zero-order valence-corrected chi connectivity index (χ0v) is 10.0. The Morgan fingerprint density at radius 3 is 2.76 bits per heavy atom. The standard InChI is InChI=1S/C11H12N4OS/c1-17-7-4-2-3-6(5-7)10-14-9(13)8(12)11(16)15-10/h2-5H,12H2,1H3,(H3,13,14,15,16). The number of H-pyrrole nitrogens is 1. The molecule has 0 aliphatic rings. The van der Waals surface area contributed by atoms with Gasteiger partial charge in [0, 0.05) is 10.5 Å². The van der Waals surface area contributed by atoms with Gasteiger partial charge in [-0.3, -0.25) is 4.79 Å². The molecule has 2 rings (SSSR count). The van der Waals surface area contributed by atoms with Crippen molar-refractivity contribution in [1.82, 2.24) is 9.97 Å². The maximum absolute atomic E-state index is 11.5. The molecule has 5 N–H and O–H groups in total. The summed E-state index contributed by atoms with van der Waals surface area (Å²) in [5, 5.41) is 0. The van der Waals surface area contributed by atoms with Crippen LogP contribution in [0.2, 0.25) is 0 Å². The quantitative estimate of drug-likeness (QED) is 0.696. The van der Waals surface area contributed by atoms with Crippen molar-refractivity contribution in [2.75, 3.05) is 17.7 Å². The van der Waals surface area contributed by atoms with Crippen molar-refractivity contribution >= 4 is 23.3 Å². The molecule has 1 aromatic carbocycles. The van der Waals surface area contributed by atoms with Crippen LogP contribution in [0.1, 0.15) is 0 Å². The SMILES string of the molecule is CSc1cccc(-c2nc(N)c(N)c(=O)[nH]2)c1. The summed E-state index contributed by atoms with van der Waals surface area (Å²) in [5.41, 5.74) is 11.4. The molecule has 0 fully saturated rings. The summed E-state index contributed by atoms with van der Waals surface area (Å²) in [6.07, 6.45) is 1.98.